The van der Waals surface area contributed by atoms with Crippen molar-refractivity contribution in [2.24, 2.45) is 5.10 Å². The normalized spacial score (nSPS) is 10.5. The molecule has 1 amide bonds. The van der Waals surface area contributed by atoms with Crippen molar-refractivity contribution in [1.82, 2.24) is 5.43 Å². The largest absolute Gasteiger partial charge is 0.497 e. The summed E-state index contributed by atoms with van der Waals surface area (Å²) < 4.78 is 10.7. The zero-order valence-corrected chi connectivity index (χ0v) is 13.3. The molecular formula is C18H20N2O3. The van der Waals surface area contributed by atoms with Crippen LogP contribution in [0.25, 0.3) is 0 Å². The van der Waals surface area contributed by atoms with Crippen LogP contribution in [0, 0.1) is 0 Å². The van der Waals surface area contributed by atoms with E-state index in [9.17, 15) is 4.79 Å². The molecule has 0 aromatic heterocycles. The number of nitrogens with zero attached hydrogens (tertiary/aromatic N) is 1. The molecular weight excluding hydrogens is 292 g/mol. The Morgan fingerprint density at radius 3 is 2.61 bits per heavy atom. The van der Waals surface area contributed by atoms with Gasteiger partial charge in [-0.15, -0.1) is 0 Å². The first-order chi connectivity index (χ1) is 11.2. The quantitative estimate of drug-likeness (QED) is 0.630. The first-order valence-electron chi connectivity index (χ1n) is 7.44. The number of hydrogen-bond donors (Lipinski definition) is 1. The molecule has 23 heavy (non-hydrogen) atoms. The fourth-order valence-electron chi connectivity index (χ4n) is 1.90. The SMILES string of the molecule is CCCOc1ccccc1/C=N/NC(=O)c1ccc(OC)cc1. The predicted octanol–water partition coefficient (Wildman–Crippen LogP) is 3.25. The minimum Gasteiger partial charge on any atom is -0.497 e. The molecule has 0 atom stereocenters. The van der Waals surface area contributed by atoms with E-state index in [1.807, 2.05) is 31.2 Å². The predicted molar refractivity (Wildman–Crippen MR) is 90.3 cm³/mol. The minimum atomic E-state index is -0.282. The Balaban J connectivity index is 1.99. The van der Waals surface area contributed by atoms with Gasteiger partial charge in [-0.05, 0) is 42.8 Å². The first kappa shape index (κ1) is 16.5. The van der Waals surface area contributed by atoms with Gasteiger partial charge in [-0.2, -0.15) is 5.10 Å². The van der Waals surface area contributed by atoms with Gasteiger partial charge in [0, 0.05) is 11.1 Å². The molecule has 1 N–H and O–H groups in total. The third-order valence-corrected chi connectivity index (χ3v) is 3.10. The molecule has 0 radical (unpaired) electrons. The van der Waals surface area contributed by atoms with Crippen LogP contribution in [0.5, 0.6) is 11.5 Å². The summed E-state index contributed by atoms with van der Waals surface area (Å²) in [7, 11) is 1.58. The first-order valence-corrected chi connectivity index (χ1v) is 7.44. The van der Waals surface area contributed by atoms with E-state index in [1.54, 1.807) is 37.6 Å². The fourth-order valence-corrected chi connectivity index (χ4v) is 1.90. The number of amides is 1. The topological polar surface area (TPSA) is 59.9 Å². The molecule has 5 heteroatoms. The number of hydrogen-bond acceptors (Lipinski definition) is 4. The molecule has 2 rings (SSSR count). The number of carbonyl (C=O) groups excluding carboxylic acids is 1. The minimum absolute atomic E-state index is 0.282. The summed E-state index contributed by atoms with van der Waals surface area (Å²) in [4.78, 5) is 12.0. The number of methoxy groups -OCH3 is 1. The van der Waals surface area contributed by atoms with E-state index < -0.39 is 0 Å². The van der Waals surface area contributed by atoms with E-state index in [2.05, 4.69) is 10.5 Å². The van der Waals surface area contributed by atoms with Crippen LogP contribution in [-0.4, -0.2) is 25.8 Å². The number of carbonyl (C=O) groups is 1. The van der Waals surface area contributed by atoms with Crippen molar-refractivity contribution in [2.45, 2.75) is 13.3 Å². The molecule has 0 aliphatic rings. The third kappa shape index (κ3) is 4.85. The Hall–Kier alpha value is -2.82. The molecule has 2 aromatic carbocycles. The summed E-state index contributed by atoms with van der Waals surface area (Å²) in [6, 6.07) is 14.4. The van der Waals surface area contributed by atoms with Gasteiger partial charge in [0.15, 0.2) is 0 Å². The Labute approximate surface area is 135 Å². The van der Waals surface area contributed by atoms with Gasteiger partial charge < -0.3 is 9.47 Å². The molecule has 0 aliphatic carbocycles. The highest BCUT2D eigenvalue weighted by Crippen LogP contribution is 2.16. The molecule has 0 aliphatic heterocycles. The standard InChI is InChI=1S/C18H20N2O3/c1-3-12-23-17-7-5-4-6-15(17)13-19-20-18(21)14-8-10-16(22-2)11-9-14/h4-11,13H,3,12H2,1-2H3,(H,20,21)/b19-13+. The number of rotatable bonds is 7. The van der Waals surface area contributed by atoms with Gasteiger partial charge in [0.1, 0.15) is 11.5 Å². The number of hydrazone groups is 1. The number of nitrogens with one attached hydrogen (secondary N) is 1. The fraction of sp³-hybridized carbons (Fsp3) is 0.222. The van der Waals surface area contributed by atoms with Crippen molar-refractivity contribution >= 4 is 12.1 Å². The Morgan fingerprint density at radius 1 is 1.17 bits per heavy atom. The van der Waals surface area contributed by atoms with Gasteiger partial charge in [0.25, 0.3) is 5.91 Å². The third-order valence-electron chi connectivity index (χ3n) is 3.10. The summed E-state index contributed by atoms with van der Waals surface area (Å²) in [6.07, 6.45) is 2.51. The lowest BCUT2D eigenvalue weighted by Crippen LogP contribution is -2.17. The van der Waals surface area contributed by atoms with Gasteiger partial charge in [-0.25, -0.2) is 5.43 Å². The summed E-state index contributed by atoms with van der Waals surface area (Å²) in [6.45, 7) is 2.69. The lowest BCUT2D eigenvalue weighted by atomic mass is 10.2. The molecule has 0 saturated carbocycles. The molecule has 0 bridgehead atoms. The van der Waals surface area contributed by atoms with Gasteiger partial charge >= 0.3 is 0 Å². The van der Waals surface area contributed by atoms with Crippen LogP contribution in [-0.2, 0) is 0 Å². The molecule has 0 heterocycles. The van der Waals surface area contributed by atoms with Gasteiger partial charge in [0.05, 0.1) is 19.9 Å². The second kappa shape index (κ2) is 8.58. The summed E-state index contributed by atoms with van der Waals surface area (Å²) in [5, 5.41) is 3.99. The summed E-state index contributed by atoms with van der Waals surface area (Å²) in [5.74, 6) is 1.17. The highest BCUT2D eigenvalue weighted by Gasteiger charge is 2.04. The Bertz CT molecular complexity index is 666. The van der Waals surface area contributed by atoms with Crippen molar-refractivity contribution in [1.29, 1.82) is 0 Å². The van der Waals surface area contributed by atoms with Crippen molar-refractivity contribution in [3.05, 3.63) is 59.7 Å². The van der Waals surface area contributed by atoms with Crippen molar-refractivity contribution in [3.63, 3.8) is 0 Å². The van der Waals surface area contributed by atoms with Crippen molar-refractivity contribution in [2.75, 3.05) is 13.7 Å². The zero-order chi connectivity index (χ0) is 16.5. The summed E-state index contributed by atoms with van der Waals surface area (Å²) >= 11 is 0. The van der Waals surface area contributed by atoms with E-state index in [0.717, 1.165) is 17.7 Å². The van der Waals surface area contributed by atoms with Gasteiger partial charge in [-0.1, -0.05) is 19.1 Å². The smallest absolute Gasteiger partial charge is 0.271 e. The number of para-hydroxylation sites is 1. The maximum Gasteiger partial charge on any atom is 0.271 e. The van der Waals surface area contributed by atoms with Gasteiger partial charge in [0.2, 0.25) is 0 Å². The maximum atomic E-state index is 12.0. The van der Waals surface area contributed by atoms with E-state index >= 15 is 0 Å². The Kier molecular flexibility index (Phi) is 6.17. The average Bonchev–Trinajstić information content (AvgIpc) is 2.61. The van der Waals surface area contributed by atoms with Crippen LogP contribution in [0.3, 0.4) is 0 Å². The molecule has 0 fully saturated rings. The molecule has 0 unspecified atom stereocenters. The van der Waals surface area contributed by atoms with E-state index in [1.165, 1.54) is 0 Å². The second-order valence-electron chi connectivity index (χ2n) is 4.81. The molecule has 0 saturated heterocycles. The Morgan fingerprint density at radius 2 is 1.91 bits per heavy atom. The lowest BCUT2D eigenvalue weighted by molar-refractivity contribution is 0.0955. The van der Waals surface area contributed by atoms with Crippen LogP contribution in [0.2, 0.25) is 0 Å². The van der Waals surface area contributed by atoms with Crippen molar-refractivity contribution < 1.29 is 14.3 Å². The molecule has 0 spiro atoms. The maximum absolute atomic E-state index is 12.0. The van der Waals surface area contributed by atoms with Crippen LogP contribution in [0.15, 0.2) is 53.6 Å². The van der Waals surface area contributed by atoms with Crippen LogP contribution >= 0.6 is 0 Å². The van der Waals surface area contributed by atoms with Crippen LogP contribution in [0.1, 0.15) is 29.3 Å². The van der Waals surface area contributed by atoms with E-state index in [-0.39, 0.29) is 5.91 Å². The van der Waals surface area contributed by atoms with Crippen molar-refractivity contribution in [3.8, 4) is 11.5 Å². The van der Waals surface area contributed by atoms with Crippen LogP contribution < -0.4 is 14.9 Å². The summed E-state index contributed by atoms with van der Waals surface area (Å²) in [5.41, 5.74) is 3.83. The van der Waals surface area contributed by atoms with E-state index in [0.29, 0.717) is 17.9 Å². The highest BCUT2D eigenvalue weighted by atomic mass is 16.5. The van der Waals surface area contributed by atoms with E-state index in [4.69, 9.17) is 9.47 Å². The zero-order valence-electron chi connectivity index (χ0n) is 13.3. The average molecular weight is 312 g/mol. The lowest BCUT2D eigenvalue weighted by Gasteiger charge is -2.07. The molecule has 120 valence electrons. The highest BCUT2D eigenvalue weighted by molar-refractivity contribution is 5.95. The monoisotopic (exact) mass is 312 g/mol. The molecule has 5 nitrogen and oxygen atoms in total. The second-order valence-corrected chi connectivity index (χ2v) is 4.81. The van der Waals surface area contributed by atoms with Gasteiger partial charge in [-0.3, -0.25) is 4.79 Å². The number of ether oxygens (including phenoxy) is 2. The molecule has 2 aromatic rings. The van der Waals surface area contributed by atoms with Crippen LogP contribution in [0.4, 0.5) is 0 Å². The number of benzene rings is 2.